The average molecular weight is 490 g/mol. The molecule has 1 N–H and O–H groups in total. The van der Waals surface area contributed by atoms with E-state index in [1.54, 1.807) is 10.6 Å². The number of rotatable bonds is 3. The summed E-state index contributed by atoms with van der Waals surface area (Å²) in [4.78, 5) is 21.3. The maximum atomic E-state index is 12.3. The second-order valence-corrected chi connectivity index (χ2v) is 11.9. The highest BCUT2D eigenvalue weighted by atomic mass is 35.5. The van der Waals surface area contributed by atoms with Crippen LogP contribution in [0.15, 0.2) is 24.7 Å². The zero-order chi connectivity index (χ0) is 23.5. The van der Waals surface area contributed by atoms with Gasteiger partial charge in [-0.2, -0.15) is 4.31 Å². The molecular weight excluding hydrogens is 462 g/mol. The number of sulfonamides is 1. The van der Waals surface area contributed by atoms with Crippen molar-refractivity contribution in [2.45, 2.75) is 45.3 Å². The lowest BCUT2D eigenvalue weighted by Gasteiger charge is -2.47. The highest BCUT2D eigenvalue weighted by Crippen LogP contribution is 2.37. The van der Waals surface area contributed by atoms with Crippen LogP contribution in [0.2, 0.25) is 5.15 Å². The number of anilines is 2. The van der Waals surface area contributed by atoms with Gasteiger partial charge in [-0.1, -0.05) is 11.6 Å². The summed E-state index contributed by atoms with van der Waals surface area (Å²) in [6, 6.07) is 4.15. The predicted octanol–water partition coefficient (Wildman–Crippen LogP) is 2.82. The second kappa shape index (κ2) is 7.82. The highest BCUT2D eigenvalue weighted by molar-refractivity contribution is 7.88. The Morgan fingerprint density at radius 2 is 2.03 bits per heavy atom. The molecule has 33 heavy (non-hydrogen) atoms. The van der Waals surface area contributed by atoms with Gasteiger partial charge in [-0.25, -0.2) is 23.4 Å². The third-order valence-corrected chi connectivity index (χ3v) is 8.34. The largest absolute Gasteiger partial charge is 0.363 e. The maximum absolute atomic E-state index is 12.3. The fourth-order valence-corrected chi connectivity index (χ4v) is 6.81. The molecule has 176 valence electrons. The lowest BCUT2D eigenvalue weighted by molar-refractivity contribution is 0.205. The van der Waals surface area contributed by atoms with Crippen molar-refractivity contribution in [2.24, 2.45) is 0 Å². The summed E-state index contributed by atoms with van der Waals surface area (Å²) in [5.41, 5.74) is 3.37. The zero-order valence-electron chi connectivity index (χ0n) is 19.2. The number of nitrogens with one attached hydrogen (secondary N) is 1. The van der Waals surface area contributed by atoms with Gasteiger partial charge in [-0.05, 0) is 32.9 Å². The standard InChI is InChI=1S/C22H28ClN7O2S/c1-14-9-17-16(11-29(14)18-10-19(23)27-20-15(18)5-6-24-20)21(26-13-25-17)28-7-8-30(33(4,31)32)22(2,3)12-28/h5-6,10,13-14H,7-9,11-12H2,1-4H3,(H,24,27)/t14-/m1/s1. The van der Waals surface area contributed by atoms with E-state index in [4.69, 9.17) is 11.6 Å². The second-order valence-electron chi connectivity index (χ2n) is 9.58. The molecule has 0 aromatic carbocycles. The Balaban J connectivity index is 1.52. The van der Waals surface area contributed by atoms with Gasteiger partial charge in [0.05, 0.1) is 17.6 Å². The Labute approximate surface area is 198 Å². The number of halogens is 1. The van der Waals surface area contributed by atoms with Crippen molar-refractivity contribution in [1.82, 2.24) is 24.2 Å². The molecule has 2 aliphatic rings. The monoisotopic (exact) mass is 489 g/mol. The van der Waals surface area contributed by atoms with Gasteiger partial charge in [0.1, 0.15) is 22.9 Å². The topological polar surface area (TPSA) is 98.3 Å². The Morgan fingerprint density at radius 3 is 2.76 bits per heavy atom. The molecule has 0 spiro atoms. The van der Waals surface area contributed by atoms with Crippen LogP contribution in [-0.2, 0) is 23.0 Å². The van der Waals surface area contributed by atoms with Crippen LogP contribution in [0.4, 0.5) is 11.5 Å². The molecule has 11 heteroatoms. The molecular formula is C22H28ClN7O2S. The van der Waals surface area contributed by atoms with Crippen LogP contribution in [0.1, 0.15) is 32.0 Å². The lowest BCUT2D eigenvalue weighted by atomic mass is 9.97. The van der Waals surface area contributed by atoms with E-state index in [-0.39, 0.29) is 6.04 Å². The van der Waals surface area contributed by atoms with Gasteiger partial charge in [-0.3, -0.25) is 0 Å². The van der Waals surface area contributed by atoms with E-state index >= 15 is 0 Å². The van der Waals surface area contributed by atoms with Crippen molar-refractivity contribution >= 4 is 44.2 Å². The zero-order valence-corrected chi connectivity index (χ0v) is 20.8. The molecule has 9 nitrogen and oxygen atoms in total. The van der Waals surface area contributed by atoms with E-state index in [1.165, 1.54) is 6.26 Å². The van der Waals surface area contributed by atoms with Gasteiger partial charge in [0.25, 0.3) is 0 Å². The quantitative estimate of drug-likeness (QED) is 0.565. The number of hydrogen-bond acceptors (Lipinski definition) is 7. The maximum Gasteiger partial charge on any atom is 0.211 e. The molecule has 5 rings (SSSR count). The summed E-state index contributed by atoms with van der Waals surface area (Å²) >= 11 is 6.34. The lowest BCUT2D eigenvalue weighted by Crippen LogP contribution is -2.61. The summed E-state index contributed by atoms with van der Waals surface area (Å²) in [5.74, 6) is 0.878. The Hall–Kier alpha value is -2.43. The summed E-state index contributed by atoms with van der Waals surface area (Å²) in [7, 11) is -3.28. The van der Waals surface area contributed by atoms with Crippen LogP contribution in [0.5, 0.6) is 0 Å². The van der Waals surface area contributed by atoms with E-state index in [1.807, 2.05) is 32.2 Å². The van der Waals surface area contributed by atoms with Crippen LogP contribution in [0, 0.1) is 0 Å². The molecule has 1 saturated heterocycles. The molecule has 0 aliphatic carbocycles. The molecule has 0 amide bonds. The number of hydrogen-bond donors (Lipinski definition) is 1. The van der Waals surface area contributed by atoms with Gasteiger partial charge in [-0.15, -0.1) is 0 Å². The molecule has 0 unspecified atom stereocenters. The minimum Gasteiger partial charge on any atom is -0.363 e. The van der Waals surface area contributed by atoms with Crippen molar-refractivity contribution in [1.29, 1.82) is 0 Å². The molecule has 1 fully saturated rings. The van der Waals surface area contributed by atoms with Gasteiger partial charge in [0.2, 0.25) is 10.0 Å². The van der Waals surface area contributed by atoms with E-state index < -0.39 is 15.6 Å². The molecule has 0 radical (unpaired) electrons. The Morgan fingerprint density at radius 1 is 1.24 bits per heavy atom. The highest BCUT2D eigenvalue weighted by Gasteiger charge is 2.40. The third-order valence-electron chi connectivity index (χ3n) is 6.67. The molecule has 5 heterocycles. The van der Waals surface area contributed by atoms with Crippen LogP contribution in [0.3, 0.4) is 0 Å². The number of fused-ring (bicyclic) bond motifs is 2. The minimum absolute atomic E-state index is 0.218. The van der Waals surface area contributed by atoms with Crippen LogP contribution >= 0.6 is 11.6 Å². The first-order chi connectivity index (χ1) is 15.5. The Kier molecular flexibility index (Phi) is 5.30. The van der Waals surface area contributed by atoms with E-state index in [9.17, 15) is 8.42 Å². The Bertz CT molecular complexity index is 1320. The van der Waals surface area contributed by atoms with E-state index in [2.05, 4.69) is 36.7 Å². The fourth-order valence-electron chi connectivity index (χ4n) is 5.25. The number of pyridine rings is 1. The van der Waals surface area contributed by atoms with Crippen molar-refractivity contribution in [2.75, 3.05) is 35.7 Å². The summed E-state index contributed by atoms with van der Waals surface area (Å²) in [6.07, 6.45) is 5.55. The molecule has 3 aromatic heterocycles. The molecule has 0 bridgehead atoms. The van der Waals surface area contributed by atoms with Crippen LogP contribution in [-0.4, -0.2) is 70.1 Å². The summed E-state index contributed by atoms with van der Waals surface area (Å²) < 4.78 is 26.1. The van der Waals surface area contributed by atoms with E-state index in [0.29, 0.717) is 31.3 Å². The SMILES string of the molecule is C[C@@H]1Cc2ncnc(N3CCN(S(C)(=O)=O)C(C)(C)C3)c2CN1c1cc(Cl)nc2[nH]ccc12. The van der Waals surface area contributed by atoms with Crippen LogP contribution in [0.25, 0.3) is 11.0 Å². The van der Waals surface area contributed by atoms with Crippen molar-refractivity contribution in [3.8, 4) is 0 Å². The normalized spacial score (nSPS) is 21.4. The smallest absolute Gasteiger partial charge is 0.211 e. The van der Waals surface area contributed by atoms with Crippen molar-refractivity contribution < 1.29 is 8.42 Å². The third kappa shape index (κ3) is 3.94. The van der Waals surface area contributed by atoms with Gasteiger partial charge < -0.3 is 14.8 Å². The fraction of sp³-hybridized carbons (Fsp3) is 0.500. The van der Waals surface area contributed by atoms with Crippen molar-refractivity contribution in [3.05, 3.63) is 41.1 Å². The molecule has 1 atom stereocenters. The van der Waals surface area contributed by atoms with Gasteiger partial charge in [0.15, 0.2) is 0 Å². The number of piperazine rings is 1. The molecule has 2 aliphatic heterocycles. The first-order valence-electron chi connectivity index (χ1n) is 11.0. The first-order valence-corrected chi connectivity index (χ1v) is 13.2. The molecule has 3 aromatic rings. The van der Waals surface area contributed by atoms with Crippen LogP contribution < -0.4 is 9.80 Å². The summed E-state index contributed by atoms with van der Waals surface area (Å²) in [6.45, 7) is 8.31. The number of H-pyrrole nitrogens is 1. The molecule has 0 saturated carbocycles. The van der Waals surface area contributed by atoms with Crippen molar-refractivity contribution in [3.63, 3.8) is 0 Å². The number of nitrogens with zero attached hydrogens (tertiary/aromatic N) is 6. The number of aromatic amines is 1. The predicted molar refractivity (Wildman–Crippen MR) is 130 cm³/mol. The van der Waals surface area contributed by atoms with Gasteiger partial charge in [0, 0.05) is 61.3 Å². The minimum atomic E-state index is -3.28. The first kappa shape index (κ1) is 22.4. The number of aromatic nitrogens is 4. The summed E-state index contributed by atoms with van der Waals surface area (Å²) in [5, 5.41) is 1.47. The average Bonchev–Trinajstić information content (AvgIpc) is 3.18. The van der Waals surface area contributed by atoms with Gasteiger partial charge >= 0.3 is 0 Å². The van der Waals surface area contributed by atoms with E-state index in [0.717, 1.165) is 40.2 Å².